The maximum absolute atomic E-state index is 6.42. The molecule has 0 bridgehead atoms. The number of nitrogens with zero attached hydrogens (tertiary/aromatic N) is 2. The Morgan fingerprint density at radius 3 is 1.30 bits per heavy atom. The van der Waals surface area contributed by atoms with E-state index in [0.717, 1.165) is 73.6 Å². The Morgan fingerprint density at radius 2 is 0.741 bits per heavy atom. The third kappa shape index (κ3) is 7.22. The molecule has 8 aromatic rings. The number of anilines is 6. The van der Waals surface area contributed by atoms with Crippen molar-refractivity contribution in [1.82, 2.24) is 0 Å². The number of hydrogen-bond acceptors (Lipinski definition) is 4. The van der Waals surface area contributed by atoms with Crippen LogP contribution >= 0.6 is 0 Å². The zero-order valence-electron chi connectivity index (χ0n) is 29.8. The van der Waals surface area contributed by atoms with Crippen LogP contribution in [0, 0.1) is 0 Å². The van der Waals surface area contributed by atoms with Gasteiger partial charge in [-0.25, -0.2) is 0 Å². The van der Waals surface area contributed by atoms with Crippen LogP contribution in [0.25, 0.3) is 22.9 Å². The Kier molecular flexibility index (Phi) is 9.72. The van der Waals surface area contributed by atoms with Crippen molar-refractivity contribution < 1.29 is 9.47 Å². The van der Waals surface area contributed by atoms with E-state index in [0.29, 0.717) is 0 Å². The van der Waals surface area contributed by atoms with E-state index < -0.39 is 0 Å². The first-order valence-corrected chi connectivity index (χ1v) is 17.9. The second-order valence-corrected chi connectivity index (χ2v) is 12.7. The van der Waals surface area contributed by atoms with E-state index in [9.17, 15) is 0 Å². The Balaban J connectivity index is 1.19. The fourth-order valence-corrected chi connectivity index (χ4v) is 6.65. The molecule has 0 aliphatic rings. The van der Waals surface area contributed by atoms with Gasteiger partial charge in [-0.05, 0) is 95.7 Å². The van der Waals surface area contributed by atoms with Crippen molar-refractivity contribution in [1.29, 1.82) is 0 Å². The summed E-state index contributed by atoms with van der Waals surface area (Å²) < 4.78 is 12.8. The summed E-state index contributed by atoms with van der Waals surface area (Å²) in [5.41, 5.74) is 7.89. The molecule has 0 amide bonds. The van der Waals surface area contributed by atoms with Crippen LogP contribution in [0.1, 0.15) is 11.1 Å². The molecule has 0 saturated heterocycles. The average molecular weight is 699 g/mol. The number of hydrogen-bond donors (Lipinski definition) is 0. The van der Waals surface area contributed by atoms with Crippen molar-refractivity contribution in [3.8, 4) is 23.0 Å². The van der Waals surface area contributed by atoms with Gasteiger partial charge in [-0.3, -0.25) is 0 Å². The molecule has 0 unspecified atom stereocenters. The van der Waals surface area contributed by atoms with E-state index >= 15 is 0 Å². The minimum atomic E-state index is 0.734. The summed E-state index contributed by atoms with van der Waals surface area (Å²) in [6.45, 7) is 7.92. The molecular weight excluding hydrogens is 661 g/mol. The first kappa shape index (κ1) is 33.8. The summed E-state index contributed by atoms with van der Waals surface area (Å²) in [6, 6.07) is 66.3. The lowest BCUT2D eigenvalue weighted by molar-refractivity contribution is 0.481. The SMILES string of the molecule is C=Cc1ccccc1Oc1cccc(N(c2ccccc2)c2ccc(N(c3cccc(Oc4ccccc4C=C)c3)c3ccc4ccccc4c3)cc2)c1. The molecule has 0 heterocycles. The Hall–Kier alpha value is -7.30. The highest BCUT2D eigenvalue weighted by molar-refractivity contribution is 5.90. The highest BCUT2D eigenvalue weighted by Crippen LogP contribution is 2.42. The number of benzene rings is 8. The van der Waals surface area contributed by atoms with E-state index in [4.69, 9.17) is 9.47 Å². The van der Waals surface area contributed by atoms with Crippen LogP contribution in [0.15, 0.2) is 207 Å². The molecule has 0 atom stereocenters. The van der Waals surface area contributed by atoms with Crippen molar-refractivity contribution in [2.45, 2.75) is 0 Å². The topological polar surface area (TPSA) is 24.9 Å². The first-order valence-electron chi connectivity index (χ1n) is 17.9. The summed E-state index contributed by atoms with van der Waals surface area (Å²) in [4.78, 5) is 4.50. The second-order valence-electron chi connectivity index (χ2n) is 12.7. The Bertz CT molecular complexity index is 2560. The maximum Gasteiger partial charge on any atom is 0.134 e. The largest absolute Gasteiger partial charge is 0.457 e. The molecule has 4 nitrogen and oxygen atoms in total. The molecule has 0 radical (unpaired) electrons. The van der Waals surface area contributed by atoms with Gasteiger partial charge in [-0.1, -0.05) is 122 Å². The van der Waals surface area contributed by atoms with Crippen LogP contribution < -0.4 is 19.3 Å². The lowest BCUT2D eigenvalue weighted by Gasteiger charge is -2.29. The molecule has 0 saturated carbocycles. The van der Waals surface area contributed by atoms with E-state index in [-0.39, 0.29) is 0 Å². The molecule has 54 heavy (non-hydrogen) atoms. The molecule has 4 heteroatoms. The van der Waals surface area contributed by atoms with Gasteiger partial charge in [0.1, 0.15) is 23.0 Å². The normalized spacial score (nSPS) is 10.7. The molecule has 0 fully saturated rings. The zero-order chi connectivity index (χ0) is 36.7. The van der Waals surface area contributed by atoms with Crippen molar-refractivity contribution >= 4 is 57.0 Å². The highest BCUT2D eigenvalue weighted by Gasteiger charge is 2.18. The van der Waals surface area contributed by atoms with Crippen LogP contribution in [0.4, 0.5) is 34.1 Å². The van der Waals surface area contributed by atoms with Gasteiger partial charge in [0.05, 0.1) is 0 Å². The Morgan fingerprint density at radius 1 is 0.333 bits per heavy atom. The minimum Gasteiger partial charge on any atom is -0.457 e. The van der Waals surface area contributed by atoms with Gasteiger partial charge >= 0.3 is 0 Å². The predicted octanol–water partition coefficient (Wildman–Crippen LogP) is 14.6. The maximum atomic E-state index is 6.42. The van der Waals surface area contributed by atoms with E-state index in [1.165, 1.54) is 5.39 Å². The summed E-state index contributed by atoms with van der Waals surface area (Å²) in [5, 5.41) is 2.35. The fourth-order valence-electron chi connectivity index (χ4n) is 6.65. The van der Waals surface area contributed by atoms with Gasteiger partial charge in [0, 0.05) is 57.4 Å². The number of rotatable bonds is 12. The fraction of sp³-hybridized carbons (Fsp3) is 0. The second kappa shape index (κ2) is 15.5. The molecule has 0 aliphatic heterocycles. The predicted molar refractivity (Wildman–Crippen MR) is 227 cm³/mol. The van der Waals surface area contributed by atoms with Gasteiger partial charge in [-0.2, -0.15) is 0 Å². The lowest BCUT2D eigenvalue weighted by atomic mass is 10.1. The molecule has 8 aromatic carbocycles. The van der Waals surface area contributed by atoms with E-state index in [1.54, 1.807) is 0 Å². The quantitative estimate of drug-likeness (QED) is 0.127. The third-order valence-electron chi connectivity index (χ3n) is 9.26. The van der Waals surface area contributed by atoms with E-state index in [2.05, 4.69) is 138 Å². The number of ether oxygens (including phenoxy) is 2. The van der Waals surface area contributed by atoms with Crippen molar-refractivity contribution in [2.75, 3.05) is 9.80 Å². The molecule has 0 N–H and O–H groups in total. The smallest absolute Gasteiger partial charge is 0.134 e. The van der Waals surface area contributed by atoms with Gasteiger partial charge in [0.2, 0.25) is 0 Å². The molecule has 8 rings (SSSR count). The third-order valence-corrected chi connectivity index (χ3v) is 9.26. The van der Waals surface area contributed by atoms with E-state index in [1.807, 2.05) is 91.0 Å². The number of fused-ring (bicyclic) bond motifs is 1. The Labute approximate surface area is 316 Å². The molecular formula is C50H38N2O2. The van der Waals surface area contributed by atoms with Gasteiger partial charge in [0.15, 0.2) is 0 Å². The lowest BCUT2D eigenvalue weighted by Crippen LogP contribution is -2.12. The molecule has 0 aliphatic carbocycles. The first-order chi connectivity index (χ1) is 26.7. The summed E-state index contributed by atoms with van der Waals surface area (Å²) in [6.07, 6.45) is 3.62. The summed E-state index contributed by atoms with van der Waals surface area (Å²) in [5.74, 6) is 2.98. The molecule has 0 aromatic heterocycles. The molecule has 0 spiro atoms. The van der Waals surface area contributed by atoms with Gasteiger partial charge < -0.3 is 19.3 Å². The highest BCUT2D eigenvalue weighted by atomic mass is 16.5. The molecule has 260 valence electrons. The minimum absolute atomic E-state index is 0.734. The zero-order valence-corrected chi connectivity index (χ0v) is 29.8. The monoisotopic (exact) mass is 698 g/mol. The van der Waals surface area contributed by atoms with Crippen LogP contribution in [0.2, 0.25) is 0 Å². The van der Waals surface area contributed by atoms with Gasteiger partial charge in [0.25, 0.3) is 0 Å². The van der Waals surface area contributed by atoms with Crippen molar-refractivity contribution in [2.24, 2.45) is 0 Å². The van der Waals surface area contributed by atoms with Crippen LogP contribution in [-0.2, 0) is 0 Å². The standard InChI is InChI=1S/C50H38N2O2/c1-3-37-16-10-12-26-49(37)53-47-24-14-22-44(35-47)51(41-20-6-5-7-21-41)42-30-32-43(33-31-42)52(46-29-28-39-18-8-9-19-40(39)34-46)45-23-15-25-48(36-45)54-50-27-13-11-17-38(50)4-2/h3-36H,1-2H2. The summed E-state index contributed by atoms with van der Waals surface area (Å²) >= 11 is 0. The van der Waals surface area contributed by atoms with Crippen LogP contribution in [-0.4, -0.2) is 0 Å². The van der Waals surface area contributed by atoms with Crippen LogP contribution in [0.3, 0.4) is 0 Å². The number of para-hydroxylation sites is 3. The van der Waals surface area contributed by atoms with Crippen molar-refractivity contribution in [3.05, 3.63) is 218 Å². The van der Waals surface area contributed by atoms with Crippen LogP contribution in [0.5, 0.6) is 23.0 Å². The average Bonchev–Trinajstić information content (AvgIpc) is 3.23. The van der Waals surface area contributed by atoms with Gasteiger partial charge in [-0.15, -0.1) is 0 Å². The summed E-state index contributed by atoms with van der Waals surface area (Å²) in [7, 11) is 0. The van der Waals surface area contributed by atoms with Crippen molar-refractivity contribution in [3.63, 3.8) is 0 Å².